The zero-order chi connectivity index (χ0) is 17.9. The quantitative estimate of drug-likeness (QED) is 0.741. The lowest BCUT2D eigenvalue weighted by Gasteiger charge is -2.24. The Balaban J connectivity index is 1.57. The fourth-order valence-electron chi connectivity index (χ4n) is 4.63. The van der Waals surface area contributed by atoms with E-state index in [0.29, 0.717) is 22.2 Å². The van der Waals surface area contributed by atoms with Gasteiger partial charge in [-0.2, -0.15) is 0 Å². The van der Waals surface area contributed by atoms with Gasteiger partial charge in [-0.25, -0.2) is 0 Å². The molecule has 0 aliphatic heterocycles. The number of pyridine rings is 1. The fraction of sp³-hybridized carbons (Fsp3) is 0.400. The minimum Gasteiger partial charge on any atom is -0.453 e. The summed E-state index contributed by atoms with van der Waals surface area (Å²) in [5.41, 5.74) is 1.00. The summed E-state index contributed by atoms with van der Waals surface area (Å²) < 4.78 is 8.14. The number of hydrogen-bond acceptors (Lipinski definition) is 4. The summed E-state index contributed by atoms with van der Waals surface area (Å²) in [6, 6.07) is 9.46. The van der Waals surface area contributed by atoms with Crippen molar-refractivity contribution in [1.82, 2.24) is 14.6 Å². The standard InChI is InChI=1S/C20H20ClN3O2/c1-13-14(21)4-2-5-15(13)26-16-6-3-11-24-17(16)22-23-18(24)19-7-9-20(25,12-19)10-8-19/h2-6,11,25H,7-10,12H2,1H3. The SMILES string of the molecule is Cc1c(Cl)cccc1Oc1cccn2c(C34CCC(O)(CC3)C4)nnc12. The molecule has 26 heavy (non-hydrogen) atoms. The van der Waals surface area contributed by atoms with E-state index in [1.807, 2.05) is 47.9 Å². The van der Waals surface area contributed by atoms with Crippen LogP contribution in [0.15, 0.2) is 36.5 Å². The number of ether oxygens (including phenoxy) is 1. The van der Waals surface area contributed by atoms with E-state index in [1.54, 1.807) is 0 Å². The third kappa shape index (κ3) is 2.27. The molecule has 0 spiro atoms. The van der Waals surface area contributed by atoms with Crippen LogP contribution in [0.2, 0.25) is 5.02 Å². The van der Waals surface area contributed by atoms with Crippen LogP contribution in [-0.4, -0.2) is 25.3 Å². The van der Waals surface area contributed by atoms with Crippen molar-refractivity contribution < 1.29 is 9.84 Å². The number of fused-ring (bicyclic) bond motifs is 3. The Kier molecular flexibility index (Phi) is 3.37. The molecule has 1 N–H and O–H groups in total. The molecule has 6 heteroatoms. The number of nitrogens with zero attached hydrogens (tertiary/aromatic N) is 3. The van der Waals surface area contributed by atoms with Gasteiger partial charge in [0.2, 0.25) is 5.65 Å². The molecule has 5 nitrogen and oxygen atoms in total. The second kappa shape index (κ2) is 5.44. The van der Waals surface area contributed by atoms with Crippen LogP contribution in [0.5, 0.6) is 11.5 Å². The Hall–Kier alpha value is -2.11. The molecule has 2 aliphatic carbocycles. The number of rotatable bonds is 3. The highest BCUT2D eigenvalue weighted by molar-refractivity contribution is 6.31. The van der Waals surface area contributed by atoms with Crippen molar-refractivity contribution in [2.24, 2.45) is 0 Å². The molecule has 2 bridgehead atoms. The minimum absolute atomic E-state index is 0.0707. The molecule has 0 saturated heterocycles. The van der Waals surface area contributed by atoms with E-state index in [0.717, 1.165) is 43.5 Å². The average molecular weight is 370 g/mol. The molecule has 3 aromatic rings. The Labute approximate surface area is 156 Å². The molecule has 0 atom stereocenters. The van der Waals surface area contributed by atoms with Crippen molar-refractivity contribution in [1.29, 1.82) is 0 Å². The van der Waals surface area contributed by atoms with E-state index in [1.165, 1.54) is 0 Å². The van der Waals surface area contributed by atoms with Gasteiger partial charge in [0.25, 0.3) is 0 Å². The predicted molar refractivity (Wildman–Crippen MR) is 99.0 cm³/mol. The second-order valence-corrected chi connectivity index (χ2v) is 8.14. The van der Waals surface area contributed by atoms with Crippen molar-refractivity contribution in [3.05, 3.63) is 52.9 Å². The molecule has 2 aliphatic rings. The molecule has 2 heterocycles. The van der Waals surface area contributed by atoms with Gasteiger partial charge in [0.1, 0.15) is 11.6 Å². The lowest BCUT2D eigenvalue weighted by atomic mass is 9.83. The summed E-state index contributed by atoms with van der Waals surface area (Å²) in [6.07, 6.45) is 6.37. The normalized spacial score (nSPS) is 27.3. The molecule has 1 aromatic carbocycles. The van der Waals surface area contributed by atoms with Crippen molar-refractivity contribution in [3.8, 4) is 11.5 Å². The van der Waals surface area contributed by atoms with Crippen molar-refractivity contribution in [2.45, 2.75) is 50.0 Å². The van der Waals surface area contributed by atoms with Crippen LogP contribution in [-0.2, 0) is 5.41 Å². The number of aliphatic hydroxyl groups is 1. The second-order valence-electron chi connectivity index (χ2n) is 7.74. The van der Waals surface area contributed by atoms with Crippen LogP contribution in [0.25, 0.3) is 5.65 Å². The van der Waals surface area contributed by atoms with Gasteiger partial charge in [-0.05, 0) is 63.3 Å². The monoisotopic (exact) mass is 369 g/mol. The Morgan fingerprint density at radius 1 is 1.08 bits per heavy atom. The number of hydrogen-bond donors (Lipinski definition) is 1. The predicted octanol–water partition coefficient (Wildman–Crippen LogP) is 4.43. The summed E-state index contributed by atoms with van der Waals surface area (Å²) in [5, 5.41) is 20.2. The van der Waals surface area contributed by atoms with E-state index in [-0.39, 0.29) is 5.41 Å². The van der Waals surface area contributed by atoms with Gasteiger partial charge in [-0.1, -0.05) is 17.7 Å². The van der Waals surface area contributed by atoms with Crippen LogP contribution in [0, 0.1) is 6.92 Å². The first-order valence-electron chi connectivity index (χ1n) is 8.99. The number of benzene rings is 1. The van der Waals surface area contributed by atoms with Gasteiger partial charge in [0.15, 0.2) is 5.75 Å². The highest BCUT2D eigenvalue weighted by Gasteiger charge is 2.56. The van der Waals surface area contributed by atoms with Gasteiger partial charge in [0, 0.05) is 22.2 Å². The smallest absolute Gasteiger partial charge is 0.203 e. The highest BCUT2D eigenvalue weighted by atomic mass is 35.5. The first kappa shape index (κ1) is 16.1. The van der Waals surface area contributed by atoms with Crippen LogP contribution in [0.1, 0.15) is 43.5 Å². The zero-order valence-corrected chi connectivity index (χ0v) is 15.3. The largest absolute Gasteiger partial charge is 0.453 e. The maximum Gasteiger partial charge on any atom is 0.203 e. The lowest BCUT2D eigenvalue weighted by Crippen LogP contribution is -2.23. The Morgan fingerprint density at radius 2 is 1.85 bits per heavy atom. The van der Waals surface area contributed by atoms with Crippen molar-refractivity contribution >= 4 is 17.2 Å². The molecular weight excluding hydrogens is 350 g/mol. The van der Waals surface area contributed by atoms with Gasteiger partial charge in [-0.3, -0.25) is 4.40 Å². The van der Waals surface area contributed by atoms with Crippen LogP contribution in [0.3, 0.4) is 0 Å². The summed E-state index contributed by atoms with van der Waals surface area (Å²) in [6.45, 7) is 1.93. The van der Waals surface area contributed by atoms with Gasteiger partial charge >= 0.3 is 0 Å². The van der Waals surface area contributed by atoms with E-state index in [9.17, 15) is 5.11 Å². The van der Waals surface area contributed by atoms with Crippen LogP contribution >= 0.6 is 11.6 Å². The molecule has 2 aromatic heterocycles. The van der Waals surface area contributed by atoms with Crippen LogP contribution < -0.4 is 4.74 Å². The topological polar surface area (TPSA) is 59.7 Å². The molecule has 2 fully saturated rings. The van der Waals surface area contributed by atoms with E-state index < -0.39 is 5.60 Å². The summed E-state index contributed by atoms with van der Waals surface area (Å²) >= 11 is 6.21. The summed E-state index contributed by atoms with van der Waals surface area (Å²) in [5.74, 6) is 2.30. The molecule has 0 amide bonds. The molecule has 0 radical (unpaired) electrons. The first-order valence-corrected chi connectivity index (χ1v) is 9.37. The van der Waals surface area contributed by atoms with E-state index >= 15 is 0 Å². The minimum atomic E-state index is -0.516. The molecule has 134 valence electrons. The molecule has 2 saturated carbocycles. The third-order valence-corrected chi connectivity index (χ3v) is 6.53. The molecule has 5 rings (SSSR count). The van der Waals surface area contributed by atoms with Gasteiger partial charge < -0.3 is 9.84 Å². The van der Waals surface area contributed by atoms with Crippen LogP contribution in [0.4, 0.5) is 0 Å². The van der Waals surface area contributed by atoms with E-state index in [2.05, 4.69) is 10.2 Å². The highest BCUT2D eigenvalue weighted by Crippen LogP contribution is 2.57. The number of aromatic nitrogens is 3. The third-order valence-electron chi connectivity index (χ3n) is 6.12. The zero-order valence-electron chi connectivity index (χ0n) is 14.6. The Morgan fingerprint density at radius 3 is 2.58 bits per heavy atom. The summed E-state index contributed by atoms with van der Waals surface area (Å²) in [7, 11) is 0. The maximum atomic E-state index is 10.6. The average Bonchev–Trinajstić information content (AvgIpc) is 3.30. The molecule has 0 unspecified atom stereocenters. The van der Waals surface area contributed by atoms with Crippen molar-refractivity contribution in [2.75, 3.05) is 0 Å². The number of halogens is 1. The Bertz CT molecular complexity index is 1010. The van der Waals surface area contributed by atoms with Gasteiger partial charge in [-0.15, -0.1) is 10.2 Å². The summed E-state index contributed by atoms with van der Waals surface area (Å²) in [4.78, 5) is 0. The fourth-order valence-corrected chi connectivity index (χ4v) is 4.80. The molecular formula is C20H20ClN3O2. The van der Waals surface area contributed by atoms with Gasteiger partial charge in [0.05, 0.1) is 5.60 Å². The maximum absolute atomic E-state index is 10.6. The lowest BCUT2D eigenvalue weighted by molar-refractivity contribution is 0.0521. The first-order chi connectivity index (χ1) is 12.5. The van der Waals surface area contributed by atoms with Crippen molar-refractivity contribution in [3.63, 3.8) is 0 Å². The van der Waals surface area contributed by atoms with E-state index in [4.69, 9.17) is 16.3 Å².